The van der Waals surface area contributed by atoms with E-state index in [0.717, 1.165) is 44.5 Å². The molecule has 0 aromatic heterocycles. The minimum atomic E-state index is -0.393. The van der Waals surface area contributed by atoms with Gasteiger partial charge in [-0.25, -0.2) is 0 Å². The first-order valence-electron chi connectivity index (χ1n) is 9.95. The number of carbonyl (C=O) groups excluding carboxylic acids is 1. The van der Waals surface area contributed by atoms with E-state index in [-0.39, 0.29) is 17.8 Å². The summed E-state index contributed by atoms with van der Waals surface area (Å²) in [4.78, 5) is 14.0. The molecule has 158 valence electrons. The van der Waals surface area contributed by atoms with Crippen molar-refractivity contribution < 1.29 is 9.90 Å². The van der Waals surface area contributed by atoms with Crippen molar-refractivity contribution in [3.8, 4) is 5.75 Å². The molecule has 0 bridgehead atoms. The zero-order valence-corrected chi connectivity index (χ0v) is 18.0. The number of nitrogens with one attached hydrogen (secondary N) is 1. The van der Waals surface area contributed by atoms with Crippen LogP contribution in [0.15, 0.2) is 48.5 Å². The van der Waals surface area contributed by atoms with Crippen LogP contribution in [0.3, 0.4) is 0 Å². The highest BCUT2D eigenvalue weighted by molar-refractivity contribution is 5.93. The van der Waals surface area contributed by atoms with E-state index in [2.05, 4.69) is 30.4 Å². The quantitative estimate of drug-likeness (QED) is 0.647. The summed E-state index contributed by atoms with van der Waals surface area (Å²) >= 11 is 0. The Bertz CT molecular complexity index is 827. The number of amides is 1. The van der Waals surface area contributed by atoms with Crippen molar-refractivity contribution in [2.24, 2.45) is 11.7 Å². The van der Waals surface area contributed by atoms with Gasteiger partial charge in [0.05, 0.1) is 0 Å². The number of nitrogens with zero attached hydrogens (tertiary/aromatic N) is 1. The van der Waals surface area contributed by atoms with E-state index in [1.165, 1.54) is 5.56 Å². The Hall–Kier alpha value is -2.08. The predicted octanol–water partition coefficient (Wildman–Crippen LogP) is 2.95. The Kier molecular flexibility index (Phi) is 8.08. The van der Waals surface area contributed by atoms with Crippen LogP contribution in [0.4, 0.5) is 0 Å². The number of carbonyl (C=O) groups is 1. The SMILES string of the molecule is CN(C)CC1CNCCC1(CCc1ccccc1O)c1cccc(C(N)=O)c1.Cl. The molecule has 1 heterocycles. The fourth-order valence-electron chi connectivity index (χ4n) is 4.58. The molecule has 3 rings (SSSR count). The third kappa shape index (κ3) is 5.30. The molecule has 5 nitrogen and oxygen atoms in total. The van der Waals surface area contributed by atoms with Gasteiger partial charge in [0, 0.05) is 24.1 Å². The molecule has 2 aromatic carbocycles. The van der Waals surface area contributed by atoms with Gasteiger partial charge in [0.25, 0.3) is 0 Å². The topological polar surface area (TPSA) is 78.6 Å². The van der Waals surface area contributed by atoms with E-state index in [9.17, 15) is 9.90 Å². The van der Waals surface area contributed by atoms with Crippen molar-refractivity contribution in [2.75, 3.05) is 33.7 Å². The fourth-order valence-corrected chi connectivity index (χ4v) is 4.58. The lowest BCUT2D eigenvalue weighted by molar-refractivity contribution is 0.0999. The highest BCUT2D eigenvalue weighted by atomic mass is 35.5. The number of para-hydroxylation sites is 1. The van der Waals surface area contributed by atoms with Crippen molar-refractivity contribution in [1.29, 1.82) is 0 Å². The normalized spacial score (nSPS) is 21.6. The molecule has 2 unspecified atom stereocenters. The van der Waals surface area contributed by atoms with Crippen molar-refractivity contribution in [3.05, 3.63) is 65.2 Å². The molecule has 1 amide bonds. The average Bonchev–Trinajstić information content (AvgIpc) is 2.68. The number of hydrogen-bond acceptors (Lipinski definition) is 4. The molecule has 1 aliphatic rings. The Morgan fingerprint density at radius 2 is 2.00 bits per heavy atom. The van der Waals surface area contributed by atoms with Crippen LogP contribution in [-0.4, -0.2) is 49.6 Å². The monoisotopic (exact) mass is 417 g/mol. The molecule has 0 saturated carbocycles. The summed E-state index contributed by atoms with van der Waals surface area (Å²) in [6.45, 7) is 2.82. The Balaban J connectivity index is 0.00000300. The summed E-state index contributed by atoms with van der Waals surface area (Å²) in [6.07, 6.45) is 2.69. The molecule has 4 N–H and O–H groups in total. The number of piperidine rings is 1. The van der Waals surface area contributed by atoms with Gasteiger partial charge >= 0.3 is 0 Å². The highest BCUT2D eigenvalue weighted by Crippen LogP contribution is 2.43. The van der Waals surface area contributed by atoms with Gasteiger partial charge < -0.3 is 21.1 Å². The largest absolute Gasteiger partial charge is 0.508 e. The van der Waals surface area contributed by atoms with E-state index in [1.54, 1.807) is 12.1 Å². The number of phenolic OH excluding ortho intramolecular Hbond substituents is 1. The number of rotatable bonds is 7. The van der Waals surface area contributed by atoms with Gasteiger partial charge in [0.15, 0.2) is 0 Å². The molecule has 1 fully saturated rings. The maximum atomic E-state index is 11.8. The van der Waals surface area contributed by atoms with E-state index < -0.39 is 5.91 Å². The Morgan fingerprint density at radius 1 is 1.24 bits per heavy atom. The number of primary amides is 1. The van der Waals surface area contributed by atoms with Crippen LogP contribution >= 0.6 is 12.4 Å². The van der Waals surface area contributed by atoms with E-state index >= 15 is 0 Å². The first-order valence-corrected chi connectivity index (χ1v) is 9.95. The molecular weight excluding hydrogens is 386 g/mol. The Morgan fingerprint density at radius 3 is 2.69 bits per heavy atom. The Labute approximate surface area is 179 Å². The third-order valence-electron chi connectivity index (χ3n) is 6.06. The predicted molar refractivity (Wildman–Crippen MR) is 120 cm³/mol. The molecule has 1 saturated heterocycles. The zero-order chi connectivity index (χ0) is 20.1. The van der Waals surface area contributed by atoms with Gasteiger partial charge in [0.2, 0.25) is 5.91 Å². The highest BCUT2D eigenvalue weighted by Gasteiger charge is 2.42. The molecule has 0 spiro atoms. The second-order valence-corrected chi connectivity index (χ2v) is 8.14. The van der Waals surface area contributed by atoms with Crippen molar-refractivity contribution in [2.45, 2.75) is 24.7 Å². The summed E-state index contributed by atoms with van der Waals surface area (Å²) in [6, 6.07) is 15.4. The van der Waals surface area contributed by atoms with Crippen LogP contribution in [0, 0.1) is 5.92 Å². The average molecular weight is 418 g/mol. The number of phenols is 1. The summed E-state index contributed by atoms with van der Waals surface area (Å²) in [5, 5.41) is 13.8. The van der Waals surface area contributed by atoms with Gasteiger partial charge in [0.1, 0.15) is 5.75 Å². The number of aromatic hydroxyl groups is 1. The van der Waals surface area contributed by atoms with Gasteiger partial charge in [-0.2, -0.15) is 0 Å². The molecular formula is C23H32ClN3O2. The number of hydrogen-bond donors (Lipinski definition) is 3. The molecule has 1 aliphatic heterocycles. The van der Waals surface area contributed by atoms with Crippen molar-refractivity contribution in [3.63, 3.8) is 0 Å². The first kappa shape index (κ1) is 23.2. The number of nitrogens with two attached hydrogens (primary N) is 1. The van der Waals surface area contributed by atoms with Crippen LogP contribution in [0.25, 0.3) is 0 Å². The lowest BCUT2D eigenvalue weighted by Crippen LogP contribution is -2.52. The van der Waals surface area contributed by atoms with E-state index in [1.807, 2.05) is 30.3 Å². The maximum Gasteiger partial charge on any atom is 0.248 e. The second kappa shape index (κ2) is 10.1. The minimum Gasteiger partial charge on any atom is -0.508 e. The number of halogens is 1. The smallest absolute Gasteiger partial charge is 0.248 e. The molecule has 29 heavy (non-hydrogen) atoms. The molecule has 0 radical (unpaired) electrons. The summed E-state index contributed by atoms with van der Waals surface area (Å²) < 4.78 is 0. The summed E-state index contributed by atoms with van der Waals surface area (Å²) in [5.41, 5.74) is 8.18. The lowest BCUT2D eigenvalue weighted by atomic mass is 9.63. The minimum absolute atomic E-state index is 0. The van der Waals surface area contributed by atoms with Crippen LogP contribution in [0.1, 0.15) is 34.3 Å². The van der Waals surface area contributed by atoms with Gasteiger partial charge in [-0.15, -0.1) is 12.4 Å². The molecule has 6 heteroatoms. The van der Waals surface area contributed by atoms with Crippen LogP contribution in [-0.2, 0) is 11.8 Å². The van der Waals surface area contributed by atoms with E-state index in [0.29, 0.717) is 17.2 Å². The van der Waals surface area contributed by atoms with Gasteiger partial charge in [-0.05, 0) is 75.1 Å². The summed E-state index contributed by atoms with van der Waals surface area (Å²) in [5.74, 6) is 0.350. The van der Waals surface area contributed by atoms with Crippen LogP contribution in [0.2, 0.25) is 0 Å². The van der Waals surface area contributed by atoms with E-state index in [4.69, 9.17) is 5.73 Å². The summed E-state index contributed by atoms with van der Waals surface area (Å²) in [7, 11) is 4.20. The number of aryl methyl sites for hydroxylation is 1. The van der Waals surface area contributed by atoms with Crippen molar-refractivity contribution in [1.82, 2.24) is 10.2 Å². The maximum absolute atomic E-state index is 11.8. The molecule has 0 aliphatic carbocycles. The lowest BCUT2D eigenvalue weighted by Gasteiger charge is -2.46. The molecule has 2 atom stereocenters. The second-order valence-electron chi connectivity index (χ2n) is 8.14. The van der Waals surface area contributed by atoms with Gasteiger partial charge in [-0.1, -0.05) is 30.3 Å². The van der Waals surface area contributed by atoms with Crippen molar-refractivity contribution >= 4 is 18.3 Å². The zero-order valence-electron chi connectivity index (χ0n) is 17.2. The van der Waals surface area contributed by atoms with Crippen LogP contribution < -0.4 is 11.1 Å². The first-order chi connectivity index (χ1) is 13.4. The fraction of sp³-hybridized carbons (Fsp3) is 0.435. The standard InChI is InChI=1S/C23H31N3O2.ClH/c1-26(2)16-20-15-25-13-12-23(20,11-10-17-6-3-4-9-21(17)27)19-8-5-7-18(14-19)22(24)28;/h3-9,14,20,25,27H,10-13,15-16H2,1-2H3,(H2,24,28);1H. The number of benzene rings is 2. The molecule has 2 aromatic rings. The van der Waals surface area contributed by atoms with Gasteiger partial charge in [-0.3, -0.25) is 4.79 Å². The van der Waals surface area contributed by atoms with Crippen LogP contribution in [0.5, 0.6) is 5.75 Å². The third-order valence-corrected chi connectivity index (χ3v) is 6.06.